The Hall–Kier alpha value is -1.32. The predicted molar refractivity (Wildman–Crippen MR) is 72.0 cm³/mol. The molecule has 19 heavy (non-hydrogen) atoms. The van der Waals surface area contributed by atoms with Crippen molar-refractivity contribution in [3.05, 3.63) is 17.7 Å². The van der Waals surface area contributed by atoms with E-state index in [1.807, 2.05) is 6.20 Å². The van der Waals surface area contributed by atoms with E-state index >= 15 is 0 Å². The van der Waals surface area contributed by atoms with Crippen LogP contribution in [0.3, 0.4) is 0 Å². The van der Waals surface area contributed by atoms with E-state index in [-0.39, 0.29) is 5.97 Å². The van der Waals surface area contributed by atoms with E-state index in [1.54, 1.807) is 0 Å². The summed E-state index contributed by atoms with van der Waals surface area (Å²) in [6.45, 7) is 0. The monoisotopic (exact) mass is 262 g/mol. The molecule has 2 aliphatic carbocycles. The molecule has 1 aromatic heterocycles. The smallest absolute Gasteiger partial charge is 0.319 e. The van der Waals surface area contributed by atoms with E-state index in [4.69, 9.17) is 4.74 Å². The van der Waals surface area contributed by atoms with Gasteiger partial charge in [-0.25, -0.2) is 4.98 Å². The number of hydrogen-bond acceptors (Lipinski definition) is 3. The minimum atomic E-state index is -0.484. The maximum absolute atomic E-state index is 12.0. The van der Waals surface area contributed by atoms with Crippen molar-refractivity contribution in [2.24, 2.45) is 0 Å². The second-order valence-corrected chi connectivity index (χ2v) is 5.95. The lowest BCUT2D eigenvalue weighted by Gasteiger charge is -2.36. The third-order valence-corrected chi connectivity index (χ3v) is 4.88. The lowest BCUT2D eigenvalue weighted by atomic mass is 9.68. The molecule has 1 N–H and O–H groups in total. The summed E-state index contributed by atoms with van der Waals surface area (Å²) in [7, 11) is 1.47. The Morgan fingerprint density at radius 2 is 2.05 bits per heavy atom. The average molecular weight is 262 g/mol. The van der Waals surface area contributed by atoms with Crippen molar-refractivity contribution in [3.63, 3.8) is 0 Å². The van der Waals surface area contributed by atoms with Crippen molar-refractivity contribution in [2.45, 2.75) is 62.7 Å². The number of H-pyrrole nitrogens is 1. The van der Waals surface area contributed by atoms with Crippen LogP contribution in [0.2, 0.25) is 0 Å². The van der Waals surface area contributed by atoms with Crippen molar-refractivity contribution in [3.8, 4) is 0 Å². The molecular weight excluding hydrogens is 240 g/mol. The Morgan fingerprint density at radius 1 is 1.32 bits per heavy atom. The Kier molecular flexibility index (Phi) is 3.33. The lowest BCUT2D eigenvalue weighted by Crippen LogP contribution is -2.44. The first-order valence-corrected chi connectivity index (χ1v) is 7.40. The third-order valence-electron chi connectivity index (χ3n) is 4.88. The van der Waals surface area contributed by atoms with Crippen molar-refractivity contribution in [1.82, 2.24) is 9.97 Å². The molecule has 0 aliphatic heterocycles. The van der Waals surface area contributed by atoms with Crippen LogP contribution in [-0.4, -0.2) is 23.0 Å². The highest BCUT2D eigenvalue weighted by Crippen LogP contribution is 2.44. The Balaban J connectivity index is 1.82. The summed E-state index contributed by atoms with van der Waals surface area (Å²) in [4.78, 5) is 19.9. The van der Waals surface area contributed by atoms with Crippen LogP contribution < -0.4 is 0 Å². The molecule has 2 aliphatic rings. The number of esters is 1. The summed E-state index contributed by atoms with van der Waals surface area (Å²) in [5, 5.41) is 0. The topological polar surface area (TPSA) is 55.0 Å². The number of carbonyl (C=O) groups is 1. The number of nitrogens with one attached hydrogen (secondary N) is 1. The van der Waals surface area contributed by atoms with E-state index in [1.165, 1.54) is 44.9 Å². The van der Waals surface area contributed by atoms with Crippen LogP contribution in [0.1, 0.15) is 68.8 Å². The number of carbonyl (C=O) groups excluding carboxylic acids is 1. The number of hydrogen-bond donors (Lipinski definition) is 1. The van der Waals surface area contributed by atoms with Gasteiger partial charge >= 0.3 is 5.97 Å². The van der Waals surface area contributed by atoms with Crippen molar-refractivity contribution >= 4 is 5.97 Å². The first kappa shape index (κ1) is 12.7. The number of aromatic amines is 1. The minimum Gasteiger partial charge on any atom is -0.468 e. The number of imidazole rings is 1. The van der Waals surface area contributed by atoms with Gasteiger partial charge < -0.3 is 9.72 Å². The maximum Gasteiger partial charge on any atom is 0.319 e. The van der Waals surface area contributed by atoms with Gasteiger partial charge in [0.05, 0.1) is 7.11 Å². The summed E-state index contributed by atoms with van der Waals surface area (Å²) >= 11 is 0. The van der Waals surface area contributed by atoms with Gasteiger partial charge in [-0.2, -0.15) is 0 Å². The number of aromatic nitrogens is 2. The summed E-state index contributed by atoms with van der Waals surface area (Å²) in [6.07, 6.45) is 11.2. The van der Waals surface area contributed by atoms with Crippen LogP contribution in [0.15, 0.2) is 6.20 Å². The van der Waals surface area contributed by atoms with Crippen LogP contribution in [0.4, 0.5) is 0 Å². The fraction of sp³-hybridized carbons (Fsp3) is 0.733. The maximum atomic E-state index is 12.0. The number of ether oxygens (including phenoxy) is 1. The van der Waals surface area contributed by atoms with Crippen LogP contribution in [0.25, 0.3) is 0 Å². The van der Waals surface area contributed by atoms with Gasteiger partial charge in [-0.3, -0.25) is 4.79 Å². The van der Waals surface area contributed by atoms with E-state index < -0.39 is 5.41 Å². The average Bonchev–Trinajstić information content (AvgIpc) is 2.88. The lowest BCUT2D eigenvalue weighted by molar-refractivity contribution is -0.151. The highest BCUT2D eigenvalue weighted by atomic mass is 16.5. The second-order valence-electron chi connectivity index (χ2n) is 5.95. The molecule has 3 rings (SSSR count). The SMILES string of the molecule is COC(=O)C1(c2ncc(C3CCCCC3)[nH]2)CCC1. The van der Waals surface area contributed by atoms with Crippen LogP contribution in [0, 0.1) is 0 Å². The van der Waals surface area contributed by atoms with E-state index in [0.29, 0.717) is 5.92 Å². The largest absolute Gasteiger partial charge is 0.468 e. The highest BCUT2D eigenvalue weighted by Gasteiger charge is 2.49. The molecule has 0 atom stereocenters. The van der Waals surface area contributed by atoms with Gasteiger partial charge in [-0.1, -0.05) is 25.7 Å². The molecule has 0 amide bonds. The molecule has 2 saturated carbocycles. The summed E-state index contributed by atoms with van der Waals surface area (Å²) < 4.78 is 4.97. The number of methoxy groups -OCH3 is 1. The molecule has 2 fully saturated rings. The molecule has 1 heterocycles. The molecule has 0 bridgehead atoms. The molecule has 104 valence electrons. The van der Waals surface area contributed by atoms with Gasteiger partial charge in [0.25, 0.3) is 0 Å². The van der Waals surface area contributed by atoms with Gasteiger partial charge in [0, 0.05) is 17.8 Å². The summed E-state index contributed by atoms with van der Waals surface area (Å²) in [5.74, 6) is 1.29. The third kappa shape index (κ3) is 2.07. The molecule has 1 aromatic rings. The van der Waals surface area contributed by atoms with Gasteiger partial charge in [0.15, 0.2) is 0 Å². The van der Waals surface area contributed by atoms with Gasteiger partial charge in [0.2, 0.25) is 0 Å². The van der Waals surface area contributed by atoms with Crippen LogP contribution >= 0.6 is 0 Å². The fourth-order valence-electron chi connectivity index (χ4n) is 3.46. The van der Waals surface area contributed by atoms with E-state index in [9.17, 15) is 4.79 Å². The Morgan fingerprint density at radius 3 is 2.63 bits per heavy atom. The molecule has 4 nitrogen and oxygen atoms in total. The van der Waals surface area contributed by atoms with Crippen LogP contribution in [0.5, 0.6) is 0 Å². The summed E-state index contributed by atoms with van der Waals surface area (Å²) in [6, 6.07) is 0. The summed E-state index contributed by atoms with van der Waals surface area (Å²) in [5.41, 5.74) is 0.728. The number of nitrogens with zero attached hydrogens (tertiary/aromatic N) is 1. The van der Waals surface area contributed by atoms with Gasteiger partial charge in [-0.05, 0) is 25.7 Å². The normalized spacial score (nSPS) is 22.8. The molecule has 0 unspecified atom stereocenters. The molecule has 0 saturated heterocycles. The second kappa shape index (κ2) is 4.99. The van der Waals surface area contributed by atoms with Crippen molar-refractivity contribution in [2.75, 3.05) is 7.11 Å². The molecule has 4 heteroatoms. The zero-order chi connectivity index (χ0) is 13.3. The van der Waals surface area contributed by atoms with E-state index in [2.05, 4.69) is 9.97 Å². The zero-order valence-corrected chi connectivity index (χ0v) is 11.6. The standard InChI is InChI=1S/C15H22N2O2/c1-19-14(18)15(8-5-9-15)13-16-10-12(17-13)11-6-3-2-4-7-11/h10-11H,2-9H2,1H3,(H,16,17). The Bertz CT molecular complexity index is 456. The molecular formula is C15H22N2O2. The first-order valence-electron chi connectivity index (χ1n) is 7.40. The highest BCUT2D eigenvalue weighted by molar-refractivity contribution is 5.83. The van der Waals surface area contributed by atoms with Gasteiger partial charge in [-0.15, -0.1) is 0 Å². The fourth-order valence-corrected chi connectivity index (χ4v) is 3.46. The molecule has 0 radical (unpaired) electrons. The zero-order valence-electron chi connectivity index (χ0n) is 11.6. The predicted octanol–water partition coefficient (Wildman–Crippen LogP) is 3.05. The van der Waals surface area contributed by atoms with E-state index in [0.717, 1.165) is 25.1 Å². The van der Waals surface area contributed by atoms with Gasteiger partial charge in [0.1, 0.15) is 11.2 Å². The van der Waals surface area contributed by atoms with Crippen molar-refractivity contribution in [1.29, 1.82) is 0 Å². The first-order chi connectivity index (χ1) is 9.26. The quantitative estimate of drug-likeness (QED) is 0.852. The molecule has 0 spiro atoms. The van der Waals surface area contributed by atoms with Crippen molar-refractivity contribution < 1.29 is 9.53 Å². The Labute approximate surface area is 114 Å². The number of rotatable bonds is 3. The van der Waals surface area contributed by atoms with Crippen LogP contribution in [-0.2, 0) is 14.9 Å². The minimum absolute atomic E-state index is 0.136. The molecule has 0 aromatic carbocycles.